The highest BCUT2D eigenvalue weighted by Gasteiger charge is 2.12. The van der Waals surface area contributed by atoms with E-state index in [1.165, 1.54) is 6.92 Å². The quantitative estimate of drug-likeness (QED) is 0.361. The Balaban J connectivity index is 0. The van der Waals surface area contributed by atoms with Gasteiger partial charge in [-0.25, -0.2) is 0 Å². The van der Waals surface area contributed by atoms with Gasteiger partial charge in [0.1, 0.15) is 12.2 Å². The molecule has 0 radical (unpaired) electrons. The Hall–Kier alpha value is -0.620. The van der Waals surface area contributed by atoms with Crippen molar-refractivity contribution in [1.29, 1.82) is 0 Å². The first-order chi connectivity index (χ1) is 5.45. The molecule has 5 nitrogen and oxygen atoms in total. The van der Waals surface area contributed by atoms with Crippen LogP contribution in [0.15, 0.2) is 12.3 Å². The lowest BCUT2D eigenvalue weighted by Gasteiger charge is -2.10. The molecule has 0 saturated carbocycles. The summed E-state index contributed by atoms with van der Waals surface area (Å²) in [6.45, 7) is 3.36. The standard InChI is InChI=1S/C4H10O4.C3H6O/c5-1-3(7)4(8)2-6;1-3(2)4/h3-8H,1-2H2;4H,1H2,2H3/p-1/t3-,4-;/m0./s1. The van der Waals surface area contributed by atoms with Crippen molar-refractivity contribution in [3.05, 3.63) is 12.3 Å². The van der Waals surface area contributed by atoms with Crippen LogP contribution in [0.5, 0.6) is 0 Å². The van der Waals surface area contributed by atoms with Gasteiger partial charge < -0.3 is 25.5 Å². The maximum atomic E-state index is 9.33. The smallest absolute Gasteiger partial charge is 0.105 e. The molecule has 0 aromatic heterocycles. The molecule has 12 heavy (non-hydrogen) atoms. The van der Waals surface area contributed by atoms with Gasteiger partial charge in [0.05, 0.1) is 13.2 Å². The minimum atomic E-state index is -1.22. The molecule has 0 rings (SSSR count). The highest BCUT2D eigenvalue weighted by molar-refractivity contribution is 4.64. The van der Waals surface area contributed by atoms with E-state index < -0.39 is 25.4 Å². The van der Waals surface area contributed by atoms with E-state index in [0.29, 0.717) is 0 Å². The predicted octanol–water partition coefficient (Wildman–Crippen LogP) is -2.43. The van der Waals surface area contributed by atoms with Gasteiger partial charge in [-0.3, -0.25) is 0 Å². The van der Waals surface area contributed by atoms with Crippen molar-refractivity contribution in [3.63, 3.8) is 0 Å². The van der Waals surface area contributed by atoms with Gasteiger partial charge in [0.25, 0.3) is 0 Å². The van der Waals surface area contributed by atoms with Gasteiger partial charge in [0.2, 0.25) is 0 Å². The Kier molecular flexibility index (Phi) is 9.84. The van der Waals surface area contributed by atoms with Crippen LogP contribution in [-0.4, -0.2) is 45.8 Å². The van der Waals surface area contributed by atoms with E-state index in [0.717, 1.165) is 0 Å². The molecule has 0 unspecified atom stereocenters. The van der Waals surface area contributed by atoms with Crippen molar-refractivity contribution in [1.82, 2.24) is 0 Å². The number of aliphatic hydroxyl groups excluding tert-OH is 4. The van der Waals surface area contributed by atoms with Crippen LogP contribution in [0, 0.1) is 0 Å². The second-order valence-electron chi connectivity index (χ2n) is 2.20. The monoisotopic (exact) mass is 179 g/mol. The van der Waals surface area contributed by atoms with Crippen LogP contribution >= 0.6 is 0 Å². The molecular weight excluding hydrogens is 164 g/mol. The molecule has 5 heteroatoms. The molecule has 0 spiro atoms. The number of hydrogen-bond acceptors (Lipinski definition) is 5. The van der Waals surface area contributed by atoms with E-state index in [1.807, 2.05) is 0 Å². The van der Waals surface area contributed by atoms with Gasteiger partial charge in [-0.1, -0.05) is 6.92 Å². The summed E-state index contributed by atoms with van der Waals surface area (Å²) in [5, 5.41) is 42.5. The van der Waals surface area contributed by atoms with Crippen LogP contribution in [0.3, 0.4) is 0 Å². The molecule has 4 N–H and O–H groups in total. The van der Waals surface area contributed by atoms with E-state index in [2.05, 4.69) is 6.58 Å². The minimum Gasteiger partial charge on any atom is -0.876 e. The highest BCUT2D eigenvalue weighted by atomic mass is 16.4. The van der Waals surface area contributed by atoms with Crippen molar-refractivity contribution in [2.45, 2.75) is 19.1 Å². The van der Waals surface area contributed by atoms with Crippen LogP contribution in [0.4, 0.5) is 0 Å². The van der Waals surface area contributed by atoms with Gasteiger partial charge in [0, 0.05) is 0 Å². The fourth-order valence-electron chi connectivity index (χ4n) is 0.243. The summed E-state index contributed by atoms with van der Waals surface area (Å²) >= 11 is 0. The average Bonchev–Trinajstić information content (AvgIpc) is 2.00. The zero-order valence-electron chi connectivity index (χ0n) is 6.97. The van der Waals surface area contributed by atoms with Gasteiger partial charge in [0.15, 0.2) is 0 Å². The molecule has 0 saturated heterocycles. The lowest BCUT2D eigenvalue weighted by molar-refractivity contribution is -0.300. The van der Waals surface area contributed by atoms with E-state index in [4.69, 9.17) is 20.4 Å². The zero-order chi connectivity index (χ0) is 10.1. The molecule has 0 heterocycles. The molecular formula is C7H15O5-. The molecule has 74 valence electrons. The lowest BCUT2D eigenvalue weighted by Crippen LogP contribution is -2.31. The number of aliphatic hydroxyl groups is 4. The van der Waals surface area contributed by atoms with E-state index in [9.17, 15) is 5.11 Å². The molecule has 0 aliphatic heterocycles. The first-order valence-electron chi connectivity index (χ1n) is 3.36. The first kappa shape index (κ1) is 13.9. The second kappa shape index (κ2) is 8.48. The van der Waals surface area contributed by atoms with Crippen LogP contribution < -0.4 is 5.11 Å². The van der Waals surface area contributed by atoms with E-state index in [-0.39, 0.29) is 5.76 Å². The molecule has 0 aromatic rings. The Bertz CT molecular complexity index is 102. The third-order valence-corrected chi connectivity index (χ3v) is 0.818. The first-order valence-corrected chi connectivity index (χ1v) is 3.36. The normalized spacial score (nSPS) is 14.1. The summed E-state index contributed by atoms with van der Waals surface area (Å²) in [5.74, 6) is -0.0833. The van der Waals surface area contributed by atoms with Crippen molar-refractivity contribution >= 4 is 0 Å². The topological polar surface area (TPSA) is 104 Å². The lowest BCUT2D eigenvalue weighted by atomic mass is 10.2. The molecule has 0 aromatic carbocycles. The van der Waals surface area contributed by atoms with Crippen molar-refractivity contribution in [2.75, 3.05) is 13.2 Å². The SMILES string of the molecule is C=C(C)[O-].OC[C@H](O)[C@@H](O)CO. The highest BCUT2D eigenvalue weighted by Crippen LogP contribution is 1.88. The summed E-state index contributed by atoms with van der Waals surface area (Å²) < 4.78 is 0. The predicted molar refractivity (Wildman–Crippen MR) is 41.0 cm³/mol. The number of rotatable bonds is 3. The van der Waals surface area contributed by atoms with Gasteiger partial charge >= 0.3 is 0 Å². The van der Waals surface area contributed by atoms with E-state index in [1.54, 1.807) is 0 Å². The number of allylic oxidation sites excluding steroid dienone is 1. The summed E-state index contributed by atoms with van der Waals surface area (Å²) in [4.78, 5) is 0. The maximum Gasteiger partial charge on any atom is 0.105 e. The van der Waals surface area contributed by atoms with Crippen molar-refractivity contribution < 1.29 is 25.5 Å². The zero-order valence-corrected chi connectivity index (χ0v) is 6.97. The molecule has 0 fully saturated rings. The Labute approximate surface area is 71.2 Å². The second-order valence-corrected chi connectivity index (χ2v) is 2.20. The number of hydrogen-bond donors (Lipinski definition) is 4. The fourth-order valence-corrected chi connectivity index (χ4v) is 0.243. The van der Waals surface area contributed by atoms with Crippen LogP contribution in [0.2, 0.25) is 0 Å². The molecule has 0 amide bonds. The van der Waals surface area contributed by atoms with Crippen LogP contribution in [0.1, 0.15) is 6.92 Å². The summed E-state index contributed by atoms with van der Waals surface area (Å²) in [6.07, 6.45) is -2.44. The molecule has 0 bridgehead atoms. The Morgan fingerprint density at radius 2 is 1.42 bits per heavy atom. The third-order valence-electron chi connectivity index (χ3n) is 0.818. The summed E-state index contributed by atoms with van der Waals surface area (Å²) in [7, 11) is 0. The Morgan fingerprint density at radius 3 is 1.50 bits per heavy atom. The van der Waals surface area contributed by atoms with Gasteiger partial charge in [-0.05, 0) is 0 Å². The largest absolute Gasteiger partial charge is 0.876 e. The van der Waals surface area contributed by atoms with Crippen LogP contribution in [-0.2, 0) is 0 Å². The maximum absolute atomic E-state index is 9.33. The minimum absolute atomic E-state index is 0.0833. The van der Waals surface area contributed by atoms with Gasteiger partial charge in [-0.15, -0.1) is 12.3 Å². The van der Waals surface area contributed by atoms with Crippen molar-refractivity contribution in [2.24, 2.45) is 0 Å². The molecule has 2 atom stereocenters. The van der Waals surface area contributed by atoms with Gasteiger partial charge in [-0.2, -0.15) is 0 Å². The third kappa shape index (κ3) is 12.1. The molecule has 0 aliphatic carbocycles. The van der Waals surface area contributed by atoms with Crippen LogP contribution in [0.25, 0.3) is 0 Å². The molecule has 0 aliphatic rings. The average molecular weight is 179 g/mol. The van der Waals surface area contributed by atoms with E-state index >= 15 is 0 Å². The Morgan fingerprint density at radius 1 is 1.25 bits per heavy atom. The van der Waals surface area contributed by atoms with Crippen molar-refractivity contribution in [3.8, 4) is 0 Å². The summed E-state index contributed by atoms with van der Waals surface area (Å²) in [5.41, 5.74) is 0. The summed E-state index contributed by atoms with van der Waals surface area (Å²) in [6, 6.07) is 0. The fraction of sp³-hybridized carbons (Fsp3) is 0.714.